The highest BCUT2D eigenvalue weighted by molar-refractivity contribution is 5.85. The van der Waals surface area contributed by atoms with Gasteiger partial charge in [-0.25, -0.2) is 0 Å². The number of hydrogen-bond donors (Lipinski definition) is 1. The standard InChI is InChI=1S/C8H17N.ClH/c1-7(2)8-4-3-5-9-6-8;/h7-9H,3-6H2,1-2H3;1H. The molecule has 1 aliphatic rings. The van der Waals surface area contributed by atoms with Gasteiger partial charge in [-0.1, -0.05) is 13.8 Å². The second-order valence-electron chi connectivity index (χ2n) is 3.35. The SMILES string of the molecule is CC(C)C1CCCNC1.Cl. The zero-order chi connectivity index (χ0) is 6.69. The molecular formula is C8H18ClN. The van der Waals surface area contributed by atoms with Crippen LogP contribution in [0.3, 0.4) is 0 Å². The maximum Gasteiger partial charge on any atom is -0.00181 e. The van der Waals surface area contributed by atoms with E-state index in [-0.39, 0.29) is 12.4 Å². The molecule has 1 nitrogen and oxygen atoms in total. The van der Waals surface area contributed by atoms with E-state index >= 15 is 0 Å². The van der Waals surface area contributed by atoms with Crippen LogP contribution >= 0.6 is 12.4 Å². The van der Waals surface area contributed by atoms with Crippen LogP contribution in [0.2, 0.25) is 0 Å². The Morgan fingerprint density at radius 1 is 1.40 bits per heavy atom. The van der Waals surface area contributed by atoms with Crippen molar-refractivity contribution in [3.8, 4) is 0 Å². The first-order valence-electron chi connectivity index (χ1n) is 4.01. The van der Waals surface area contributed by atoms with E-state index < -0.39 is 0 Å². The van der Waals surface area contributed by atoms with Gasteiger partial charge in [-0.15, -0.1) is 12.4 Å². The van der Waals surface area contributed by atoms with E-state index in [0.717, 1.165) is 11.8 Å². The van der Waals surface area contributed by atoms with Crippen LogP contribution in [-0.4, -0.2) is 13.1 Å². The van der Waals surface area contributed by atoms with Crippen molar-refractivity contribution in [2.24, 2.45) is 11.8 Å². The average molecular weight is 164 g/mol. The summed E-state index contributed by atoms with van der Waals surface area (Å²) in [5.41, 5.74) is 0. The van der Waals surface area contributed by atoms with Crippen molar-refractivity contribution in [2.75, 3.05) is 13.1 Å². The monoisotopic (exact) mass is 163 g/mol. The maximum absolute atomic E-state index is 3.42. The van der Waals surface area contributed by atoms with Crippen molar-refractivity contribution in [1.29, 1.82) is 0 Å². The van der Waals surface area contributed by atoms with E-state index in [1.54, 1.807) is 0 Å². The Labute approximate surface area is 70.0 Å². The second kappa shape index (κ2) is 4.97. The fraction of sp³-hybridized carbons (Fsp3) is 1.00. The number of nitrogens with one attached hydrogen (secondary N) is 1. The molecule has 1 unspecified atom stereocenters. The van der Waals surface area contributed by atoms with Crippen LogP contribution in [0.4, 0.5) is 0 Å². The van der Waals surface area contributed by atoms with Gasteiger partial charge >= 0.3 is 0 Å². The zero-order valence-corrected chi connectivity index (χ0v) is 7.71. The Balaban J connectivity index is 0.000000810. The van der Waals surface area contributed by atoms with Gasteiger partial charge in [-0.2, -0.15) is 0 Å². The Morgan fingerprint density at radius 3 is 2.40 bits per heavy atom. The molecule has 0 aromatic carbocycles. The van der Waals surface area contributed by atoms with Crippen LogP contribution in [0, 0.1) is 11.8 Å². The Bertz CT molecular complexity index is 77.3. The third kappa shape index (κ3) is 2.89. The predicted octanol–water partition coefficient (Wildman–Crippen LogP) is 2.06. The number of hydrogen-bond acceptors (Lipinski definition) is 1. The molecule has 1 aliphatic heterocycles. The quantitative estimate of drug-likeness (QED) is 0.624. The summed E-state index contributed by atoms with van der Waals surface area (Å²) in [6, 6.07) is 0. The summed E-state index contributed by atoms with van der Waals surface area (Å²) in [5.74, 6) is 1.82. The Kier molecular flexibility index (Phi) is 5.10. The van der Waals surface area contributed by atoms with Gasteiger partial charge in [-0.05, 0) is 37.8 Å². The summed E-state index contributed by atoms with van der Waals surface area (Å²) in [7, 11) is 0. The third-order valence-electron chi connectivity index (χ3n) is 2.28. The van der Waals surface area contributed by atoms with Crippen LogP contribution in [0.5, 0.6) is 0 Å². The summed E-state index contributed by atoms with van der Waals surface area (Å²) in [5, 5.41) is 3.42. The van der Waals surface area contributed by atoms with Crippen molar-refractivity contribution in [1.82, 2.24) is 5.32 Å². The summed E-state index contributed by atoms with van der Waals surface area (Å²) >= 11 is 0. The lowest BCUT2D eigenvalue weighted by molar-refractivity contribution is 0.296. The van der Waals surface area contributed by atoms with E-state index in [1.165, 1.54) is 25.9 Å². The molecule has 1 N–H and O–H groups in total. The highest BCUT2D eigenvalue weighted by Gasteiger charge is 2.15. The van der Waals surface area contributed by atoms with Crippen LogP contribution in [0.25, 0.3) is 0 Å². The molecule has 1 atom stereocenters. The van der Waals surface area contributed by atoms with Gasteiger partial charge in [0.05, 0.1) is 0 Å². The highest BCUT2D eigenvalue weighted by Crippen LogP contribution is 2.18. The molecule has 1 heterocycles. The third-order valence-corrected chi connectivity index (χ3v) is 2.28. The topological polar surface area (TPSA) is 12.0 Å². The van der Waals surface area contributed by atoms with Gasteiger partial charge < -0.3 is 5.32 Å². The molecule has 0 saturated carbocycles. The lowest BCUT2D eigenvalue weighted by Gasteiger charge is -2.25. The smallest absolute Gasteiger partial charge is 0.00181 e. The van der Waals surface area contributed by atoms with Gasteiger partial charge in [0, 0.05) is 0 Å². The minimum absolute atomic E-state index is 0. The van der Waals surface area contributed by atoms with E-state index in [4.69, 9.17) is 0 Å². The largest absolute Gasteiger partial charge is 0.316 e. The molecule has 1 fully saturated rings. The molecule has 10 heavy (non-hydrogen) atoms. The highest BCUT2D eigenvalue weighted by atomic mass is 35.5. The van der Waals surface area contributed by atoms with Crippen molar-refractivity contribution in [3.63, 3.8) is 0 Å². The molecular weight excluding hydrogens is 146 g/mol. The Hall–Kier alpha value is 0.250. The minimum atomic E-state index is 0. The summed E-state index contributed by atoms with van der Waals surface area (Å²) in [4.78, 5) is 0. The predicted molar refractivity (Wildman–Crippen MR) is 47.7 cm³/mol. The Morgan fingerprint density at radius 2 is 2.10 bits per heavy atom. The molecule has 1 rings (SSSR count). The van der Waals surface area contributed by atoms with Gasteiger partial charge in [0.25, 0.3) is 0 Å². The van der Waals surface area contributed by atoms with E-state index in [1.807, 2.05) is 0 Å². The summed E-state index contributed by atoms with van der Waals surface area (Å²) in [6.45, 7) is 7.12. The van der Waals surface area contributed by atoms with Gasteiger partial charge in [0.15, 0.2) is 0 Å². The molecule has 0 amide bonds. The second-order valence-corrected chi connectivity index (χ2v) is 3.35. The summed E-state index contributed by atoms with van der Waals surface area (Å²) in [6.07, 6.45) is 2.81. The van der Waals surface area contributed by atoms with Crippen molar-refractivity contribution >= 4 is 12.4 Å². The first kappa shape index (κ1) is 10.2. The first-order chi connectivity index (χ1) is 4.30. The van der Waals surface area contributed by atoms with Gasteiger partial charge in [0.2, 0.25) is 0 Å². The van der Waals surface area contributed by atoms with Crippen LogP contribution in [-0.2, 0) is 0 Å². The fourth-order valence-electron chi connectivity index (χ4n) is 1.45. The van der Waals surface area contributed by atoms with Crippen molar-refractivity contribution in [3.05, 3.63) is 0 Å². The molecule has 2 heteroatoms. The van der Waals surface area contributed by atoms with E-state index in [2.05, 4.69) is 19.2 Å². The normalized spacial score (nSPS) is 26.1. The molecule has 0 aliphatic carbocycles. The van der Waals surface area contributed by atoms with Crippen molar-refractivity contribution in [2.45, 2.75) is 26.7 Å². The van der Waals surface area contributed by atoms with E-state index in [0.29, 0.717) is 0 Å². The average Bonchev–Trinajstić information content (AvgIpc) is 1.90. The molecule has 0 spiro atoms. The van der Waals surface area contributed by atoms with Gasteiger partial charge in [-0.3, -0.25) is 0 Å². The minimum Gasteiger partial charge on any atom is -0.316 e. The first-order valence-corrected chi connectivity index (χ1v) is 4.01. The molecule has 0 radical (unpaired) electrons. The molecule has 0 aromatic rings. The lowest BCUT2D eigenvalue weighted by atomic mass is 9.89. The molecule has 0 aromatic heterocycles. The van der Waals surface area contributed by atoms with Crippen molar-refractivity contribution < 1.29 is 0 Å². The molecule has 62 valence electrons. The number of rotatable bonds is 1. The molecule has 0 bridgehead atoms. The van der Waals surface area contributed by atoms with Crippen LogP contribution < -0.4 is 5.32 Å². The zero-order valence-electron chi connectivity index (χ0n) is 6.89. The maximum atomic E-state index is 3.42. The summed E-state index contributed by atoms with van der Waals surface area (Å²) < 4.78 is 0. The van der Waals surface area contributed by atoms with Gasteiger partial charge in [0.1, 0.15) is 0 Å². The lowest BCUT2D eigenvalue weighted by Crippen LogP contribution is -2.32. The number of halogens is 1. The van der Waals surface area contributed by atoms with Crippen LogP contribution in [0.1, 0.15) is 26.7 Å². The fourth-order valence-corrected chi connectivity index (χ4v) is 1.45. The van der Waals surface area contributed by atoms with E-state index in [9.17, 15) is 0 Å². The molecule has 1 saturated heterocycles. The number of piperidine rings is 1. The van der Waals surface area contributed by atoms with Crippen LogP contribution in [0.15, 0.2) is 0 Å².